The third kappa shape index (κ3) is 2.26. The Bertz CT molecular complexity index is 352. The quantitative estimate of drug-likeness (QED) is 0.654. The molecule has 0 aliphatic rings. The van der Waals surface area contributed by atoms with Crippen LogP contribution in [0.5, 0.6) is 0 Å². The summed E-state index contributed by atoms with van der Waals surface area (Å²) in [5, 5.41) is 0. The normalized spacial score (nSPS) is 12.2. The SMILES string of the molecule is COC(=O)[C@H](C)c1ccc(N)c(Br)c1. The molecule has 0 spiro atoms. The molecule has 1 aromatic carbocycles. The number of nitrogens with two attached hydrogens (primary N) is 1. The molecule has 0 fully saturated rings. The molecule has 0 bridgehead atoms. The molecule has 1 atom stereocenters. The van der Waals surface area contributed by atoms with Gasteiger partial charge in [0.25, 0.3) is 0 Å². The first-order valence-electron chi connectivity index (χ1n) is 4.19. The molecule has 1 rings (SSSR count). The molecule has 4 heteroatoms. The van der Waals surface area contributed by atoms with Crippen molar-refractivity contribution >= 4 is 27.6 Å². The van der Waals surface area contributed by atoms with Gasteiger partial charge in [0.05, 0.1) is 13.0 Å². The van der Waals surface area contributed by atoms with Crippen molar-refractivity contribution in [2.45, 2.75) is 12.8 Å². The maximum Gasteiger partial charge on any atom is 0.312 e. The van der Waals surface area contributed by atoms with E-state index in [1.54, 1.807) is 13.0 Å². The van der Waals surface area contributed by atoms with Crippen molar-refractivity contribution in [3.63, 3.8) is 0 Å². The molecule has 14 heavy (non-hydrogen) atoms. The monoisotopic (exact) mass is 257 g/mol. The second-order valence-electron chi connectivity index (χ2n) is 3.03. The molecule has 0 saturated carbocycles. The summed E-state index contributed by atoms with van der Waals surface area (Å²) in [6.45, 7) is 1.80. The molecular weight excluding hydrogens is 246 g/mol. The van der Waals surface area contributed by atoms with Crippen LogP contribution < -0.4 is 5.73 Å². The maximum atomic E-state index is 11.2. The average molecular weight is 258 g/mol. The maximum absolute atomic E-state index is 11.2. The highest BCUT2D eigenvalue weighted by Crippen LogP contribution is 2.25. The predicted octanol–water partition coefficient (Wildman–Crippen LogP) is 2.31. The van der Waals surface area contributed by atoms with E-state index in [1.807, 2.05) is 12.1 Å². The smallest absolute Gasteiger partial charge is 0.312 e. The summed E-state index contributed by atoms with van der Waals surface area (Å²) in [7, 11) is 1.38. The van der Waals surface area contributed by atoms with Gasteiger partial charge in [-0.1, -0.05) is 6.07 Å². The zero-order chi connectivity index (χ0) is 10.7. The molecule has 76 valence electrons. The molecule has 0 amide bonds. The second-order valence-corrected chi connectivity index (χ2v) is 3.88. The molecule has 0 unspecified atom stereocenters. The van der Waals surface area contributed by atoms with Gasteiger partial charge in [0.1, 0.15) is 0 Å². The number of benzene rings is 1. The third-order valence-corrected chi connectivity index (χ3v) is 2.77. The molecule has 0 saturated heterocycles. The van der Waals surface area contributed by atoms with E-state index in [0.29, 0.717) is 5.69 Å². The largest absolute Gasteiger partial charge is 0.469 e. The summed E-state index contributed by atoms with van der Waals surface area (Å²) in [6.07, 6.45) is 0. The van der Waals surface area contributed by atoms with Crippen LogP contribution in [0.4, 0.5) is 5.69 Å². The lowest BCUT2D eigenvalue weighted by Crippen LogP contribution is -2.10. The number of rotatable bonds is 2. The van der Waals surface area contributed by atoms with E-state index in [-0.39, 0.29) is 11.9 Å². The van der Waals surface area contributed by atoms with Gasteiger partial charge in [-0.15, -0.1) is 0 Å². The molecule has 0 heterocycles. The Balaban J connectivity index is 2.96. The first kappa shape index (κ1) is 11.0. The number of hydrogen-bond donors (Lipinski definition) is 1. The van der Waals surface area contributed by atoms with Gasteiger partial charge in [0, 0.05) is 10.2 Å². The second kappa shape index (κ2) is 4.46. The Morgan fingerprint density at radius 3 is 2.71 bits per heavy atom. The Hall–Kier alpha value is -1.03. The summed E-state index contributed by atoms with van der Waals surface area (Å²) in [4.78, 5) is 11.2. The Morgan fingerprint density at radius 2 is 2.21 bits per heavy atom. The fourth-order valence-electron chi connectivity index (χ4n) is 1.13. The summed E-state index contributed by atoms with van der Waals surface area (Å²) in [6, 6.07) is 5.41. The van der Waals surface area contributed by atoms with Gasteiger partial charge in [-0.2, -0.15) is 0 Å². The molecule has 0 radical (unpaired) electrons. The number of ether oxygens (including phenoxy) is 1. The van der Waals surface area contributed by atoms with Crippen LogP contribution in [0.2, 0.25) is 0 Å². The van der Waals surface area contributed by atoms with Crippen LogP contribution in [-0.4, -0.2) is 13.1 Å². The Labute approximate surface area is 91.4 Å². The molecule has 2 N–H and O–H groups in total. The van der Waals surface area contributed by atoms with E-state index in [1.165, 1.54) is 7.11 Å². The van der Waals surface area contributed by atoms with Crippen molar-refractivity contribution in [3.8, 4) is 0 Å². The number of esters is 1. The summed E-state index contributed by atoms with van der Waals surface area (Å²) < 4.78 is 5.45. The molecule has 1 aromatic rings. The number of nitrogen functional groups attached to an aromatic ring is 1. The van der Waals surface area contributed by atoms with Crippen LogP contribution in [0.25, 0.3) is 0 Å². The predicted molar refractivity (Wildman–Crippen MR) is 59.0 cm³/mol. The lowest BCUT2D eigenvalue weighted by atomic mass is 10.0. The number of halogens is 1. The molecule has 0 aliphatic carbocycles. The van der Waals surface area contributed by atoms with E-state index in [0.717, 1.165) is 10.0 Å². The number of carbonyl (C=O) groups excluding carboxylic acids is 1. The summed E-state index contributed by atoms with van der Waals surface area (Å²) in [5.41, 5.74) is 7.18. The fraction of sp³-hybridized carbons (Fsp3) is 0.300. The molecule has 3 nitrogen and oxygen atoms in total. The van der Waals surface area contributed by atoms with Crippen molar-refractivity contribution in [1.29, 1.82) is 0 Å². The van der Waals surface area contributed by atoms with Crippen LogP contribution in [0.3, 0.4) is 0 Å². The van der Waals surface area contributed by atoms with E-state index in [9.17, 15) is 4.79 Å². The minimum atomic E-state index is -0.267. The van der Waals surface area contributed by atoms with Crippen LogP contribution in [0.1, 0.15) is 18.4 Å². The fourth-order valence-corrected chi connectivity index (χ4v) is 1.52. The topological polar surface area (TPSA) is 52.3 Å². The first-order valence-corrected chi connectivity index (χ1v) is 4.98. The van der Waals surface area contributed by atoms with Crippen LogP contribution in [0.15, 0.2) is 22.7 Å². The average Bonchev–Trinajstić information content (AvgIpc) is 2.20. The van der Waals surface area contributed by atoms with Crippen molar-refractivity contribution < 1.29 is 9.53 Å². The highest BCUT2D eigenvalue weighted by atomic mass is 79.9. The molecule has 0 aliphatic heterocycles. The van der Waals surface area contributed by atoms with Crippen LogP contribution >= 0.6 is 15.9 Å². The van der Waals surface area contributed by atoms with Gasteiger partial charge in [-0.3, -0.25) is 4.79 Å². The highest BCUT2D eigenvalue weighted by molar-refractivity contribution is 9.10. The van der Waals surface area contributed by atoms with Gasteiger partial charge in [0.15, 0.2) is 0 Å². The van der Waals surface area contributed by atoms with Gasteiger partial charge < -0.3 is 10.5 Å². The van der Waals surface area contributed by atoms with Crippen molar-refractivity contribution in [2.24, 2.45) is 0 Å². The van der Waals surface area contributed by atoms with Gasteiger partial charge in [-0.25, -0.2) is 0 Å². The standard InChI is InChI=1S/C10H12BrNO2/c1-6(10(13)14-2)7-3-4-9(12)8(11)5-7/h3-6H,12H2,1-2H3/t6-/m1/s1. The summed E-state index contributed by atoms with van der Waals surface area (Å²) >= 11 is 3.31. The summed E-state index contributed by atoms with van der Waals surface area (Å²) in [5.74, 6) is -0.515. The highest BCUT2D eigenvalue weighted by Gasteiger charge is 2.15. The van der Waals surface area contributed by atoms with Gasteiger partial charge >= 0.3 is 5.97 Å². The van der Waals surface area contributed by atoms with Gasteiger partial charge in [-0.05, 0) is 40.5 Å². The number of hydrogen-bond acceptors (Lipinski definition) is 3. The number of methoxy groups -OCH3 is 1. The zero-order valence-corrected chi connectivity index (χ0v) is 9.67. The van der Waals surface area contributed by atoms with E-state index < -0.39 is 0 Å². The van der Waals surface area contributed by atoms with Crippen LogP contribution in [0, 0.1) is 0 Å². The minimum Gasteiger partial charge on any atom is -0.469 e. The first-order chi connectivity index (χ1) is 6.56. The number of anilines is 1. The van der Waals surface area contributed by atoms with Crippen molar-refractivity contribution in [3.05, 3.63) is 28.2 Å². The Kier molecular flexibility index (Phi) is 3.52. The number of carbonyl (C=O) groups is 1. The van der Waals surface area contributed by atoms with Crippen molar-refractivity contribution in [2.75, 3.05) is 12.8 Å². The minimum absolute atomic E-state index is 0.248. The molecular formula is C10H12BrNO2. The third-order valence-electron chi connectivity index (χ3n) is 2.08. The molecule has 0 aromatic heterocycles. The van der Waals surface area contributed by atoms with E-state index in [2.05, 4.69) is 20.7 Å². The lowest BCUT2D eigenvalue weighted by Gasteiger charge is -2.10. The van der Waals surface area contributed by atoms with Gasteiger partial charge in [0.2, 0.25) is 0 Å². The van der Waals surface area contributed by atoms with E-state index in [4.69, 9.17) is 5.73 Å². The lowest BCUT2D eigenvalue weighted by molar-refractivity contribution is -0.141. The van der Waals surface area contributed by atoms with Crippen LogP contribution in [-0.2, 0) is 9.53 Å². The van der Waals surface area contributed by atoms with E-state index >= 15 is 0 Å². The zero-order valence-electron chi connectivity index (χ0n) is 8.08. The Morgan fingerprint density at radius 1 is 1.57 bits per heavy atom. The van der Waals surface area contributed by atoms with Crippen molar-refractivity contribution in [1.82, 2.24) is 0 Å².